The Morgan fingerprint density at radius 3 is 2.53 bits per heavy atom. The van der Waals surface area contributed by atoms with E-state index in [1.54, 1.807) is 0 Å². The van der Waals surface area contributed by atoms with Crippen molar-refractivity contribution in [1.29, 1.82) is 0 Å². The van der Waals surface area contributed by atoms with Crippen molar-refractivity contribution >= 4 is 12.0 Å². The highest BCUT2D eigenvalue weighted by Crippen LogP contribution is 1.94. The van der Waals surface area contributed by atoms with Gasteiger partial charge in [-0.15, -0.1) is 0 Å². The van der Waals surface area contributed by atoms with Gasteiger partial charge in [-0.2, -0.15) is 0 Å². The SMILES string of the molecule is CC(=CNC(N)=O)C(=O)OCCN(C)C. The summed E-state index contributed by atoms with van der Waals surface area (Å²) in [5, 5.41) is 2.19. The van der Waals surface area contributed by atoms with Crippen LogP contribution in [0.3, 0.4) is 0 Å². The van der Waals surface area contributed by atoms with Crippen LogP contribution in [0.5, 0.6) is 0 Å². The molecule has 0 aromatic rings. The summed E-state index contributed by atoms with van der Waals surface area (Å²) in [6.45, 7) is 2.50. The molecule has 0 saturated heterocycles. The molecule has 0 aliphatic rings. The summed E-state index contributed by atoms with van der Waals surface area (Å²) in [4.78, 5) is 23.5. The number of esters is 1. The van der Waals surface area contributed by atoms with E-state index in [4.69, 9.17) is 10.5 Å². The first kappa shape index (κ1) is 13.4. The average Bonchev–Trinajstić information content (AvgIpc) is 2.13. The van der Waals surface area contributed by atoms with E-state index in [1.165, 1.54) is 13.1 Å². The van der Waals surface area contributed by atoms with Crippen LogP contribution in [-0.4, -0.2) is 44.1 Å². The number of amides is 2. The van der Waals surface area contributed by atoms with E-state index in [-0.39, 0.29) is 0 Å². The molecule has 0 atom stereocenters. The third-order valence-corrected chi connectivity index (χ3v) is 1.52. The van der Waals surface area contributed by atoms with Crippen LogP contribution >= 0.6 is 0 Å². The molecule has 0 heterocycles. The molecule has 0 aromatic carbocycles. The molecule has 6 heteroatoms. The van der Waals surface area contributed by atoms with Crippen LogP contribution in [-0.2, 0) is 9.53 Å². The topological polar surface area (TPSA) is 84.7 Å². The summed E-state index contributed by atoms with van der Waals surface area (Å²) in [6.07, 6.45) is 1.22. The normalized spacial score (nSPS) is 11.3. The van der Waals surface area contributed by atoms with Crippen LogP contribution in [0.15, 0.2) is 11.8 Å². The van der Waals surface area contributed by atoms with E-state index in [1.807, 2.05) is 19.0 Å². The number of hydrogen-bond donors (Lipinski definition) is 2. The van der Waals surface area contributed by atoms with E-state index in [2.05, 4.69) is 5.32 Å². The molecule has 0 radical (unpaired) electrons. The zero-order chi connectivity index (χ0) is 11.8. The van der Waals surface area contributed by atoms with Crippen LogP contribution in [0.1, 0.15) is 6.92 Å². The summed E-state index contributed by atoms with van der Waals surface area (Å²) in [7, 11) is 3.76. The van der Waals surface area contributed by atoms with Crippen LogP contribution in [0, 0.1) is 0 Å². The lowest BCUT2D eigenvalue weighted by atomic mass is 10.3. The number of primary amides is 1. The molecule has 2 amide bonds. The summed E-state index contributed by atoms with van der Waals surface area (Å²) in [5.74, 6) is -0.467. The molecule has 0 saturated carbocycles. The third kappa shape index (κ3) is 7.51. The van der Waals surface area contributed by atoms with Gasteiger partial charge in [0.15, 0.2) is 0 Å². The molecule has 3 N–H and O–H groups in total. The van der Waals surface area contributed by atoms with Crippen molar-refractivity contribution in [3.63, 3.8) is 0 Å². The zero-order valence-corrected chi connectivity index (χ0v) is 9.24. The molecule has 15 heavy (non-hydrogen) atoms. The Bertz CT molecular complexity index is 261. The number of carbonyl (C=O) groups is 2. The summed E-state index contributed by atoms with van der Waals surface area (Å²) in [6, 6.07) is -0.713. The van der Waals surface area contributed by atoms with Crippen molar-refractivity contribution in [3.8, 4) is 0 Å². The highest BCUT2D eigenvalue weighted by Gasteiger charge is 2.05. The molecular formula is C9H17N3O3. The number of nitrogens with zero attached hydrogens (tertiary/aromatic N) is 1. The van der Waals surface area contributed by atoms with E-state index >= 15 is 0 Å². The van der Waals surface area contributed by atoms with Crippen LogP contribution < -0.4 is 11.1 Å². The molecule has 0 bridgehead atoms. The van der Waals surface area contributed by atoms with Gasteiger partial charge in [0.25, 0.3) is 0 Å². The van der Waals surface area contributed by atoms with Gasteiger partial charge in [-0.1, -0.05) is 0 Å². The maximum Gasteiger partial charge on any atom is 0.335 e. The van der Waals surface area contributed by atoms with Gasteiger partial charge in [-0.25, -0.2) is 9.59 Å². The van der Waals surface area contributed by atoms with Crippen LogP contribution in [0.25, 0.3) is 0 Å². The number of nitrogens with one attached hydrogen (secondary N) is 1. The zero-order valence-electron chi connectivity index (χ0n) is 9.24. The number of carbonyl (C=O) groups excluding carboxylic acids is 2. The standard InChI is InChI=1S/C9H17N3O3/c1-7(6-11-9(10)14)8(13)15-5-4-12(2)3/h6H,4-5H2,1-3H3,(H3,10,11,14). The van der Waals surface area contributed by atoms with Crippen LogP contribution in [0.4, 0.5) is 4.79 Å². The number of urea groups is 1. The predicted molar refractivity (Wildman–Crippen MR) is 56.0 cm³/mol. The maximum atomic E-state index is 11.2. The molecule has 0 unspecified atom stereocenters. The first-order valence-corrected chi connectivity index (χ1v) is 4.48. The minimum atomic E-state index is -0.713. The predicted octanol–water partition coefficient (Wildman–Crippen LogP) is -0.337. The lowest BCUT2D eigenvalue weighted by molar-refractivity contribution is -0.139. The number of hydrogen-bond acceptors (Lipinski definition) is 4. The highest BCUT2D eigenvalue weighted by molar-refractivity contribution is 5.88. The third-order valence-electron chi connectivity index (χ3n) is 1.52. The van der Waals surface area contributed by atoms with E-state index in [0.29, 0.717) is 18.7 Å². The highest BCUT2D eigenvalue weighted by atomic mass is 16.5. The van der Waals surface area contributed by atoms with Crippen molar-refractivity contribution < 1.29 is 14.3 Å². The molecule has 0 spiro atoms. The number of nitrogens with two attached hydrogens (primary N) is 1. The Hall–Kier alpha value is -1.56. The van der Waals surface area contributed by atoms with E-state index < -0.39 is 12.0 Å². The number of likely N-dealkylation sites (N-methyl/N-ethyl adjacent to an activating group) is 1. The van der Waals surface area contributed by atoms with E-state index in [0.717, 1.165) is 0 Å². The Morgan fingerprint density at radius 1 is 1.47 bits per heavy atom. The molecule has 0 fully saturated rings. The number of rotatable bonds is 5. The molecule has 86 valence electrons. The van der Waals surface area contributed by atoms with Gasteiger partial charge in [0.05, 0.1) is 5.57 Å². The second-order valence-corrected chi connectivity index (χ2v) is 3.28. The quantitative estimate of drug-likeness (QED) is 0.485. The second-order valence-electron chi connectivity index (χ2n) is 3.28. The first-order chi connectivity index (χ1) is 6.93. The van der Waals surface area contributed by atoms with Gasteiger partial charge < -0.3 is 20.7 Å². The number of ether oxygens (including phenoxy) is 1. The van der Waals surface area contributed by atoms with Gasteiger partial charge in [0.1, 0.15) is 6.61 Å². The molecular weight excluding hydrogens is 198 g/mol. The molecule has 0 aromatic heterocycles. The second kappa shape index (κ2) is 6.83. The Morgan fingerprint density at radius 2 is 2.07 bits per heavy atom. The van der Waals surface area contributed by atoms with Gasteiger partial charge in [0.2, 0.25) is 0 Å². The summed E-state index contributed by atoms with van der Waals surface area (Å²) < 4.78 is 4.91. The van der Waals surface area contributed by atoms with Crippen molar-refractivity contribution in [3.05, 3.63) is 11.8 Å². The largest absolute Gasteiger partial charge is 0.461 e. The maximum absolute atomic E-state index is 11.2. The monoisotopic (exact) mass is 215 g/mol. The fourth-order valence-electron chi connectivity index (χ4n) is 0.673. The molecule has 0 aliphatic heterocycles. The van der Waals surface area contributed by atoms with E-state index in [9.17, 15) is 9.59 Å². The fourth-order valence-corrected chi connectivity index (χ4v) is 0.673. The average molecular weight is 215 g/mol. The van der Waals surface area contributed by atoms with Gasteiger partial charge in [0, 0.05) is 12.7 Å². The summed E-state index contributed by atoms with van der Waals surface area (Å²) >= 11 is 0. The molecule has 0 aliphatic carbocycles. The van der Waals surface area contributed by atoms with Gasteiger partial charge in [-0.05, 0) is 21.0 Å². The molecule has 0 rings (SSSR count). The fraction of sp³-hybridized carbons (Fsp3) is 0.556. The minimum Gasteiger partial charge on any atom is -0.461 e. The lowest BCUT2D eigenvalue weighted by Crippen LogP contribution is -2.26. The van der Waals surface area contributed by atoms with Crippen molar-refractivity contribution in [2.24, 2.45) is 5.73 Å². The Kier molecular flexibility index (Phi) is 6.12. The summed E-state index contributed by atoms with van der Waals surface area (Å²) in [5.41, 5.74) is 5.13. The van der Waals surface area contributed by atoms with Gasteiger partial charge in [-0.3, -0.25) is 0 Å². The van der Waals surface area contributed by atoms with Crippen LogP contribution in [0.2, 0.25) is 0 Å². The Balaban J connectivity index is 3.88. The Labute approximate surface area is 89.1 Å². The van der Waals surface area contributed by atoms with Crippen molar-refractivity contribution in [1.82, 2.24) is 10.2 Å². The minimum absolute atomic E-state index is 0.299. The molecule has 6 nitrogen and oxygen atoms in total. The van der Waals surface area contributed by atoms with Gasteiger partial charge >= 0.3 is 12.0 Å². The van der Waals surface area contributed by atoms with Crippen molar-refractivity contribution in [2.45, 2.75) is 6.92 Å². The smallest absolute Gasteiger partial charge is 0.335 e. The lowest BCUT2D eigenvalue weighted by Gasteiger charge is -2.09. The van der Waals surface area contributed by atoms with Crippen molar-refractivity contribution in [2.75, 3.05) is 27.2 Å². The first-order valence-electron chi connectivity index (χ1n) is 4.48.